The first-order chi connectivity index (χ1) is 12.5. The second kappa shape index (κ2) is 10.0. The molecule has 4 nitrogen and oxygen atoms in total. The second-order valence-electron chi connectivity index (χ2n) is 6.47. The van der Waals surface area contributed by atoms with Crippen molar-refractivity contribution < 1.29 is 4.79 Å². The average Bonchev–Trinajstić information content (AvgIpc) is 2.66. The van der Waals surface area contributed by atoms with Crippen LogP contribution in [0.2, 0.25) is 0 Å². The van der Waals surface area contributed by atoms with E-state index in [2.05, 4.69) is 17.2 Å². The summed E-state index contributed by atoms with van der Waals surface area (Å²) in [5, 5.41) is 8.93. The molecule has 136 valence electrons. The summed E-state index contributed by atoms with van der Waals surface area (Å²) in [5.41, 5.74) is 3.59. The fourth-order valence-corrected chi connectivity index (χ4v) is 3.10. The molecule has 0 saturated heterocycles. The third-order valence-corrected chi connectivity index (χ3v) is 4.69. The summed E-state index contributed by atoms with van der Waals surface area (Å²) >= 11 is 1.77. The number of amides is 1. The minimum Gasteiger partial charge on any atom is -0.333 e. The van der Waals surface area contributed by atoms with Crippen molar-refractivity contribution in [3.05, 3.63) is 70.8 Å². The van der Waals surface area contributed by atoms with Gasteiger partial charge >= 0.3 is 0 Å². The predicted molar refractivity (Wildman–Crippen MR) is 108 cm³/mol. The molecular weight excluding hydrogens is 342 g/mol. The van der Waals surface area contributed by atoms with Gasteiger partial charge < -0.3 is 9.80 Å². The van der Waals surface area contributed by atoms with Gasteiger partial charge in [0, 0.05) is 31.0 Å². The quantitative estimate of drug-likeness (QED) is 0.715. The predicted octanol–water partition coefficient (Wildman–Crippen LogP) is 3.63. The number of hydrogen-bond donors (Lipinski definition) is 0. The molecule has 0 saturated carbocycles. The van der Waals surface area contributed by atoms with Crippen molar-refractivity contribution in [1.29, 1.82) is 5.26 Å². The molecule has 0 aliphatic rings. The molecule has 0 fully saturated rings. The number of nitrogens with zero attached hydrogens (tertiary/aromatic N) is 3. The van der Waals surface area contributed by atoms with Crippen LogP contribution < -0.4 is 0 Å². The van der Waals surface area contributed by atoms with Crippen LogP contribution in [0.3, 0.4) is 0 Å². The molecule has 2 aromatic carbocycles. The maximum Gasteiger partial charge on any atom is 0.254 e. The van der Waals surface area contributed by atoms with Crippen molar-refractivity contribution in [3.8, 4) is 6.07 Å². The van der Waals surface area contributed by atoms with Crippen molar-refractivity contribution in [1.82, 2.24) is 9.80 Å². The Morgan fingerprint density at radius 2 is 1.62 bits per heavy atom. The number of carbonyl (C=O) groups is 1. The Morgan fingerprint density at radius 3 is 2.15 bits per heavy atom. The first kappa shape index (κ1) is 20.0. The normalized spacial score (nSPS) is 10.6. The molecule has 0 aliphatic heterocycles. The molecule has 2 aromatic rings. The van der Waals surface area contributed by atoms with Gasteiger partial charge in [0.2, 0.25) is 0 Å². The smallest absolute Gasteiger partial charge is 0.254 e. The molecule has 0 spiro atoms. The molecule has 0 atom stereocenters. The highest BCUT2D eigenvalue weighted by molar-refractivity contribution is 7.97. The van der Waals surface area contributed by atoms with Gasteiger partial charge in [-0.25, -0.2) is 0 Å². The molecule has 0 bridgehead atoms. The fourth-order valence-electron chi connectivity index (χ4n) is 2.57. The topological polar surface area (TPSA) is 47.3 Å². The highest BCUT2D eigenvalue weighted by atomic mass is 32.2. The lowest BCUT2D eigenvalue weighted by Crippen LogP contribution is -2.36. The van der Waals surface area contributed by atoms with Crippen molar-refractivity contribution in [3.63, 3.8) is 0 Å². The van der Waals surface area contributed by atoms with Crippen LogP contribution in [0.4, 0.5) is 0 Å². The average molecular weight is 368 g/mol. The summed E-state index contributed by atoms with van der Waals surface area (Å²) < 4.78 is 0. The Labute approximate surface area is 160 Å². The second-order valence-corrected chi connectivity index (χ2v) is 7.33. The van der Waals surface area contributed by atoms with Gasteiger partial charge in [-0.2, -0.15) is 17.0 Å². The first-order valence-corrected chi connectivity index (χ1v) is 9.94. The summed E-state index contributed by atoms with van der Waals surface area (Å²) in [5.74, 6) is 0.983. The van der Waals surface area contributed by atoms with Crippen LogP contribution in [0.15, 0.2) is 48.5 Å². The molecule has 1 amide bonds. The van der Waals surface area contributed by atoms with Crippen LogP contribution >= 0.6 is 11.8 Å². The van der Waals surface area contributed by atoms with Crippen LogP contribution in [-0.4, -0.2) is 49.1 Å². The van der Waals surface area contributed by atoms with E-state index in [1.165, 1.54) is 5.56 Å². The van der Waals surface area contributed by atoms with Gasteiger partial charge in [0.25, 0.3) is 5.91 Å². The summed E-state index contributed by atoms with van der Waals surface area (Å²) in [4.78, 5) is 16.9. The van der Waals surface area contributed by atoms with Gasteiger partial charge in [0.05, 0.1) is 11.6 Å². The van der Waals surface area contributed by atoms with Crippen LogP contribution in [-0.2, 0) is 12.3 Å². The SMILES string of the molecule is CSCc1ccc(C(=O)N(CCN(C)C)Cc2ccc(C#N)cc2)cc1. The third-order valence-electron chi connectivity index (χ3n) is 4.07. The van der Waals surface area contributed by atoms with E-state index in [1.54, 1.807) is 23.9 Å². The molecule has 0 aromatic heterocycles. The van der Waals surface area contributed by atoms with E-state index in [9.17, 15) is 4.79 Å². The number of thioether (sulfide) groups is 1. The molecule has 2 rings (SSSR count). The monoisotopic (exact) mass is 367 g/mol. The van der Waals surface area contributed by atoms with Crippen LogP contribution in [0, 0.1) is 11.3 Å². The molecule has 0 N–H and O–H groups in total. The summed E-state index contributed by atoms with van der Waals surface area (Å²) in [6, 6.07) is 17.4. The first-order valence-electron chi connectivity index (χ1n) is 8.54. The maximum absolute atomic E-state index is 13.0. The van der Waals surface area contributed by atoms with Gasteiger partial charge in [-0.15, -0.1) is 0 Å². The third kappa shape index (κ3) is 5.91. The van der Waals surface area contributed by atoms with Crippen LogP contribution in [0.25, 0.3) is 0 Å². The number of hydrogen-bond acceptors (Lipinski definition) is 4. The Morgan fingerprint density at radius 1 is 1.00 bits per heavy atom. The van der Waals surface area contributed by atoms with E-state index in [-0.39, 0.29) is 5.91 Å². The summed E-state index contributed by atoms with van der Waals surface area (Å²) in [6.45, 7) is 1.98. The highest BCUT2D eigenvalue weighted by Gasteiger charge is 2.16. The molecule has 0 aliphatic carbocycles. The zero-order valence-corrected chi connectivity index (χ0v) is 16.4. The number of likely N-dealkylation sites (N-methyl/N-ethyl adjacent to an activating group) is 1. The highest BCUT2D eigenvalue weighted by Crippen LogP contribution is 2.14. The zero-order valence-electron chi connectivity index (χ0n) is 15.6. The number of nitriles is 1. The van der Waals surface area contributed by atoms with Crippen molar-refractivity contribution in [2.75, 3.05) is 33.4 Å². The lowest BCUT2D eigenvalue weighted by Gasteiger charge is -2.25. The number of rotatable bonds is 8. The van der Waals surface area contributed by atoms with Gasteiger partial charge in [-0.05, 0) is 55.7 Å². The van der Waals surface area contributed by atoms with Gasteiger partial charge in [0.15, 0.2) is 0 Å². The summed E-state index contributed by atoms with van der Waals surface area (Å²) in [7, 11) is 4.00. The molecule has 0 heterocycles. The molecular formula is C21H25N3OS. The van der Waals surface area contributed by atoms with Crippen LogP contribution in [0.1, 0.15) is 27.0 Å². The van der Waals surface area contributed by atoms with E-state index in [0.717, 1.165) is 17.9 Å². The number of benzene rings is 2. The van der Waals surface area contributed by atoms with Gasteiger partial charge in [-0.3, -0.25) is 4.79 Å². The van der Waals surface area contributed by atoms with Gasteiger partial charge in [-0.1, -0.05) is 24.3 Å². The Bertz CT molecular complexity index is 748. The van der Waals surface area contributed by atoms with Crippen LogP contribution in [0.5, 0.6) is 0 Å². The molecule has 0 radical (unpaired) electrons. The minimum absolute atomic E-state index is 0.0342. The van der Waals surface area contributed by atoms with E-state index in [1.807, 2.05) is 55.4 Å². The van der Waals surface area contributed by atoms with Crippen molar-refractivity contribution >= 4 is 17.7 Å². The van der Waals surface area contributed by atoms with Crippen molar-refractivity contribution in [2.24, 2.45) is 0 Å². The molecule has 5 heteroatoms. The standard InChI is InChI=1S/C21H25N3OS/c1-23(2)12-13-24(15-18-6-4-17(14-22)5-7-18)21(25)20-10-8-19(9-11-20)16-26-3/h4-11H,12-13,15-16H2,1-3H3. The van der Waals surface area contributed by atoms with Crippen molar-refractivity contribution in [2.45, 2.75) is 12.3 Å². The maximum atomic E-state index is 13.0. The largest absolute Gasteiger partial charge is 0.333 e. The van der Waals surface area contributed by atoms with E-state index in [0.29, 0.717) is 24.2 Å². The number of carbonyl (C=O) groups excluding carboxylic acids is 1. The lowest BCUT2D eigenvalue weighted by molar-refractivity contribution is 0.0732. The van der Waals surface area contributed by atoms with E-state index >= 15 is 0 Å². The molecule has 26 heavy (non-hydrogen) atoms. The fraction of sp³-hybridized carbons (Fsp3) is 0.333. The van der Waals surface area contributed by atoms with E-state index < -0.39 is 0 Å². The Balaban J connectivity index is 2.16. The Kier molecular flexibility index (Phi) is 7.71. The minimum atomic E-state index is 0.0342. The molecule has 0 unspecified atom stereocenters. The van der Waals surface area contributed by atoms with Gasteiger partial charge in [0.1, 0.15) is 0 Å². The Hall–Kier alpha value is -2.29. The van der Waals surface area contributed by atoms with E-state index in [4.69, 9.17) is 5.26 Å². The summed E-state index contributed by atoms with van der Waals surface area (Å²) in [6.07, 6.45) is 2.07. The lowest BCUT2D eigenvalue weighted by atomic mass is 10.1. The zero-order chi connectivity index (χ0) is 18.9.